The summed E-state index contributed by atoms with van der Waals surface area (Å²) in [5, 5.41) is 9.50. The fraction of sp³-hybridized carbons (Fsp3) is 0.200. The van der Waals surface area contributed by atoms with E-state index in [0.29, 0.717) is 24.0 Å². The molecule has 1 N–H and O–H groups in total. The van der Waals surface area contributed by atoms with Crippen molar-refractivity contribution in [1.29, 1.82) is 0 Å². The van der Waals surface area contributed by atoms with Gasteiger partial charge in [0.15, 0.2) is 0 Å². The van der Waals surface area contributed by atoms with Gasteiger partial charge >= 0.3 is 5.97 Å². The molecule has 0 atom stereocenters. The first-order chi connectivity index (χ1) is 8.60. The van der Waals surface area contributed by atoms with Crippen LogP contribution in [0.5, 0.6) is 0 Å². The number of hydrogen-bond donors (Lipinski definition) is 1. The van der Waals surface area contributed by atoms with Crippen LogP contribution < -0.4 is 0 Å². The average molecular weight is 244 g/mol. The van der Waals surface area contributed by atoms with E-state index in [2.05, 4.69) is 13.2 Å². The number of allylic oxidation sites excluding steroid dienone is 2. The second kappa shape index (κ2) is 5.96. The number of carboxylic acids is 1. The van der Waals surface area contributed by atoms with E-state index in [1.54, 1.807) is 36.4 Å². The van der Waals surface area contributed by atoms with E-state index in [4.69, 9.17) is 0 Å². The van der Waals surface area contributed by atoms with Crippen LogP contribution in [0.4, 0.5) is 0 Å². The highest BCUT2D eigenvalue weighted by Gasteiger charge is 2.37. The van der Waals surface area contributed by atoms with Crippen molar-refractivity contribution in [2.75, 3.05) is 0 Å². The van der Waals surface area contributed by atoms with Crippen LogP contribution >= 0.6 is 0 Å². The second-order valence-corrected chi connectivity index (χ2v) is 4.11. The van der Waals surface area contributed by atoms with Gasteiger partial charge in [0.25, 0.3) is 0 Å². The molecule has 94 valence electrons. The summed E-state index contributed by atoms with van der Waals surface area (Å²) in [6.45, 7) is 7.23. The van der Waals surface area contributed by atoms with E-state index in [-0.39, 0.29) is 0 Å². The molecule has 3 heteroatoms. The maximum Gasteiger partial charge on any atom is 0.314 e. The zero-order valence-electron chi connectivity index (χ0n) is 10.1. The van der Waals surface area contributed by atoms with Crippen LogP contribution in [-0.2, 0) is 10.2 Å². The van der Waals surface area contributed by atoms with Crippen LogP contribution in [0.3, 0.4) is 0 Å². The molecule has 0 bridgehead atoms. The van der Waals surface area contributed by atoms with E-state index in [9.17, 15) is 14.7 Å². The number of aliphatic carboxylic acids is 1. The molecule has 0 fully saturated rings. The largest absolute Gasteiger partial charge is 0.481 e. The number of carboxylic acid groups (broad SMARTS) is 1. The van der Waals surface area contributed by atoms with Crippen LogP contribution in [0.2, 0.25) is 0 Å². The molecule has 1 aromatic rings. The SMILES string of the molecule is C=CCC(CC=C)(C(=O)O)c1ccc(C=O)cc1. The van der Waals surface area contributed by atoms with Gasteiger partial charge in [-0.3, -0.25) is 9.59 Å². The first-order valence-electron chi connectivity index (χ1n) is 5.61. The molecule has 0 aliphatic rings. The molecule has 3 nitrogen and oxygen atoms in total. The lowest BCUT2D eigenvalue weighted by Gasteiger charge is -2.27. The Balaban J connectivity index is 3.29. The van der Waals surface area contributed by atoms with Crippen molar-refractivity contribution < 1.29 is 14.7 Å². The lowest BCUT2D eigenvalue weighted by atomic mass is 9.75. The molecular weight excluding hydrogens is 228 g/mol. The Labute approximate surface area is 106 Å². The summed E-state index contributed by atoms with van der Waals surface area (Å²) in [6, 6.07) is 6.58. The van der Waals surface area contributed by atoms with Gasteiger partial charge in [-0.05, 0) is 18.4 Å². The van der Waals surface area contributed by atoms with Crippen molar-refractivity contribution in [3.63, 3.8) is 0 Å². The Kier molecular flexibility index (Phi) is 4.60. The molecule has 0 amide bonds. The third-order valence-corrected chi connectivity index (χ3v) is 2.99. The van der Waals surface area contributed by atoms with Crippen molar-refractivity contribution >= 4 is 12.3 Å². The van der Waals surface area contributed by atoms with Crippen molar-refractivity contribution in [3.8, 4) is 0 Å². The molecule has 0 saturated heterocycles. The maximum atomic E-state index is 11.6. The number of carbonyl (C=O) groups is 2. The summed E-state index contributed by atoms with van der Waals surface area (Å²) in [6.07, 6.45) is 4.54. The zero-order valence-corrected chi connectivity index (χ0v) is 10.1. The topological polar surface area (TPSA) is 54.4 Å². The Morgan fingerprint density at radius 2 is 1.67 bits per heavy atom. The molecule has 0 heterocycles. The monoisotopic (exact) mass is 244 g/mol. The standard InChI is InChI=1S/C15H16O3/c1-3-9-15(10-4-2,14(17)18)13-7-5-12(11-16)6-8-13/h3-8,11H,1-2,9-10H2,(H,17,18). The van der Waals surface area contributed by atoms with E-state index in [0.717, 1.165) is 6.29 Å². The Morgan fingerprint density at radius 3 is 2.00 bits per heavy atom. The second-order valence-electron chi connectivity index (χ2n) is 4.11. The normalized spacial score (nSPS) is 10.7. The van der Waals surface area contributed by atoms with Gasteiger partial charge in [-0.2, -0.15) is 0 Å². The molecule has 1 rings (SSSR count). The van der Waals surface area contributed by atoms with Gasteiger partial charge in [-0.1, -0.05) is 36.4 Å². The highest BCUT2D eigenvalue weighted by molar-refractivity contribution is 5.82. The lowest BCUT2D eigenvalue weighted by molar-refractivity contribution is -0.143. The molecule has 0 spiro atoms. The Hall–Kier alpha value is -2.16. The molecule has 0 saturated carbocycles. The number of aldehydes is 1. The van der Waals surface area contributed by atoms with Crippen LogP contribution in [0, 0.1) is 0 Å². The minimum absolute atomic E-state index is 0.314. The Bertz CT molecular complexity index is 447. The highest BCUT2D eigenvalue weighted by atomic mass is 16.4. The van der Waals surface area contributed by atoms with Crippen molar-refractivity contribution in [2.24, 2.45) is 0 Å². The molecule has 0 unspecified atom stereocenters. The summed E-state index contributed by atoms with van der Waals surface area (Å²) in [5.74, 6) is -0.916. The predicted molar refractivity (Wildman–Crippen MR) is 70.8 cm³/mol. The molecule has 0 radical (unpaired) electrons. The van der Waals surface area contributed by atoms with E-state index >= 15 is 0 Å². The smallest absolute Gasteiger partial charge is 0.314 e. The van der Waals surface area contributed by atoms with Crippen molar-refractivity contribution in [2.45, 2.75) is 18.3 Å². The number of rotatable bonds is 7. The quantitative estimate of drug-likeness (QED) is 0.592. The zero-order chi connectivity index (χ0) is 13.6. The van der Waals surface area contributed by atoms with Gasteiger partial charge < -0.3 is 5.11 Å². The van der Waals surface area contributed by atoms with Gasteiger partial charge in [0, 0.05) is 5.56 Å². The van der Waals surface area contributed by atoms with Gasteiger partial charge in [-0.25, -0.2) is 0 Å². The fourth-order valence-corrected chi connectivity index (χ4v) is 1.99. The maximum absolute atomic E-state index is 11.6. The number of benzene rings is 1. The van der Waals surface area contributed by atoms with Crippen LogP contribution in [-0.4, -0.2) is 17.4 Å². The van der Waals surface area contributed by atoms with Crippen LogP contribution in [0.25, 0.3) is 0 Å². The summed E-state index contributed by atoms with van der Waals surface area (Å²) < 4.78 is 0. The number of carbonyl (C=O) groups excluding carboxylic acids is 1. The van der Waals surface area contributed by atoms with Crippen molar-refractivity contribution in [3.05, 3.63) is 60.7 Å². The molecular formula is C15H16O3. The minimum atomic E-state index is -1.05. The summed E-state index contributed by atoms with van der Waals surface area (Å²) in [4.78, 5) is 22.2. The van der Waals surface area contributed by atoms with E-state index in [1.807, 2.05) is 0 Å². The summed E-state index contributed by atoms with van der Waals surface area (Å²) in [7, 11) is 0. The summed E-state index contributed by atoms with van der Waals surface area (Å²) >= 11 is 0. The lowest BCUT2D eigenvalue weighted by Crippen LogP contribution is -2.34. The average Bonchev–Trinajstić information content (AvgIpc) is 2.38. The molecule has 0 aromatic heterocycles. The van der Waals surface area contributed by atoms with Gasteiger partial charge in [0.2, 0.25) is 0 Å². The number of hydrogen-bond acceptors (Lipinski definition) is 2. The first kappa shape index (κ1) is 13.9. The summed E-state index contributed by atoms with van der Waals surface area (Å²) in [5.41, 5.74) is 0.126. The molecule has 0 aliphatic heterocycles. The fourth-order valence-electron chi connectivity index (χ4n) is 1.99. The third-order valence-electron chi connectivity index (χ3n) is 2.99. The van der Waals surface area contributed by atoms with Gasteiger partial charge in [-0.15, -0.1) is 13.2 Å². The van der Waals surface area contributed by atoms with Gasteiger partial charge in [0.05, 0.1) is 5.41 Å². The van der Waals surface area contributed by atoms with Gasteiger partial charge in [0.1, 0.15) is 6.29 Å². The predicted octanol–water partition coefficient (Wildman–Crippen LogP) is 2.97. The molecule has 1 aromatic carbocycles. The van der Waals surface area contributed by atoms with Crippen LogP contribution in [0.1, 0.15) is 28.8 Å². The highest BCUT2D eigenvalue weighted by Crippen LogP contribution is 2.33. The Morgan fingerprint density at radius 1 is 1.17 bits per heavy atom. The van der Waals surface area contributed by atoms with E-state index in [1.165, 1.54) is 0 Å². The van der Waals surface area contributed by atoms with Crippen molar-refractivity contribution in [1.82, 2.24) is 0 Å². The van der Waals surface area contributed by atoms with Crippen LogP contribution in [0.15, 0.2) is 49.6 Å². The first-order valence-corrected chi connectivity index (χ1v) is 5.61. The minimum Gasteiger partial charge on any atom is -0.481 e. The van der Waals surface area contributed by atoms with E-state index < -0.39 is 11.4 Å². The molecule has 0 aliphatic carbocycles. The molecule has 18 heavy (non-hydrogen) atoms. The third kappa shape index (κ3) is 2.56.